The normalized spacial score (nSPS) is 24.0. The number of aromatic nitrogens is 3. The number of amides is 1. The SMILES string of the molecule is CN(C(=O)c1cc(-n2ncc(=O)[nH]c2=O)ccc1Cl)C1CC2CCC1C2. The number of nitrogens with one attached hydrogen (secondary N) is 1. The van der Waals surface area contributed by atoms with Crippen LogP contribution in [0.1, 0.15) is 36.0 Å². The Bertz CT molecular complexity index is 983. The van der Waals surface area contributed by atoms with E-state index in [-0.39, 0.29) is 11.9 Å². The minimum atomic E-state index is -0.667. The zero-order chi connectivity index (χ0) is 18.4. The van der Waals surface area contributed by atoms with Gasteiger partial charge in [0.1, 0.15) is 6.20 Å². The maximum absolute atomic E-state index is 13.0. The topological polar surface area (TPSA) is 88.1 Å². The van der Waals surface area contributed by atoms with Gasteiger partial charge in [0, 0.05) is 13.1 Å². The fourth-order valence-corrected chi connectivity index (χ4v) is 4.57. The van der Waals surface area contributed by atoms with Gasteiger partial charge in [-0.2, -0.15) is 9.78 Å². The number of aromatic amines is 1. The summed E-state index contributed by atoms with van der Waals surface area (Å²) in [7, 11) is 1.82. The molecule has 0 radical (unpaired) electrons. The molecule has 2 saturated carbocycles. The summed E-state index contributed by atoms with van der Waals surface area (Å²) in [5.74, 6) is 1.14. The molecule has 26 heavy (non-hydrogen) atoms. The van der Waals surface area contributed by atoms with Crippen molar-refractivity contribution in [1.82, 2.24) is 19.7 Å². The molecule has 2 bridgehead atoms. The largest absolute Gasteiger partial charge is 0.349 e. The Hall–Kier alpha value is -2.41. The maximum Gasteiger partial charge on any atom is 0.349 e. The second-order valence-electron chi connectivity index (χ2n) is 7.17. The molecule has 0 spiro atoms. The summed E-state index contributed by atoms with van der Waals surface area (Å²) in [5, 5.41) is 4.15. The van der Waals surface area contributed by atoms with E-state index in [9.17, 15) is 14.4 Å². The van der Waals surface area contributed by atoms with Gasteiger partial charge < -0.3 is 4.90 Å². The van der Waals surface area contributed by atoms with Gasteiger partial charge >= 0.3 is 5.69 Å². The molecule has 7 nitrogen and oxygen atoms in total. The van der Waals surface area contributed by atoms with Crippen LogP contribution in [-0.2, 0) is 0 Å². The van der Waals surface area contributed by atoms with Crippen LogP contribution in [0.3, 0.4) is 0 Å². The van der Waals surface area contributed by atoms with Crippen molar-refractivity contribution in [3.05, 3.63) is 55.8 Å². The molecular formula is C18H19ClN4O3. The molecule has 2 aromatic rings. The second kappa shape index (κ2) is 6.39. The summed E-state index contributed by atoms with van der Waals surface area (Å²) < 4.78 is 1.03. The van der Waals surface area contributed by atoms with E-state index in [0.717, 1.165) is 23.2 Å². The Morgan fingerprint density at radius 2 is 2.12 bits per heavy atom. The molecule has 3 unspecified atom stereocenters. The van der Waals surface area contributed by atoms with Crippen LogP contribution in [-0.4, -0.2) is 38.7 Å². The average molecular weight is 375 g/mol. The molecule has 2 aliphatic carbocycles. The highest BCUT2D eigenvalue weighted by Crippen LogP contribution is 2.46. The fourth-order valence-electron chi connectivity index (χ4n) is 4.37. The first kappa shape index (κ1) is 17.0. The number of halogens is 1. The molecule has 4 rings (SSSR count). The third-order valence-corrected chi connectivity index (χ3v) is 5.99. The predicted molar refractivity (Wildman–Crippen MR) is 96.8 cm³/mol. The lowest BCUT2D eigenvalue weighted by Crippen LogP contribution is -2.40. The van der Waals surface area contributed by atoms with E-state index < -0.39 is 11.2 Å². The Balaban J connectivity index is 1.66. The van der Waals surface area contributed by atoms with E-state index in [1.165, 1.54) is 19.3 Å². The van der Waals surface area contributed by atoms with Crippen molar-refractivity contribution in [2.75, 3.05) is 7.05 Å². The number of carbonyl (C=O) groups excluding carboxylic acids is 1. The molecule has 2 fully saturated rings. The predicted octanol–water partition coefficient (Wildman–Crippen LogP) is 1.83. The standard InChI is InChI=1S/C18H19ClN4O3/c1-22(15-7-10-2-3-11(15)6-10)17(25)13-8-12(4-5-14(13)19)23-18(26)21-16(24)9-20-23/h4-5,8-11,15H,2-3,6-7H2,1H3,(H,21,24,26). The number of hydrogen-bond acceptors (Lipinski definition) is 4. The van der Waals surface area contributed by atoms with Crippen molar-refractivity contribution in [2.45, 2.75) is 31.7 Å². The number of fused-ring (bicyclic) bond motifs is 2. The van der Waals surface area contributed by atoms with Crippen LogP contribution >= 0.6 is 11.6 Å². The molecule has 0 saturated heterocycles. The van der Waals surface area contributed by atoms with Gasteiger partial charge in [-0.1, -0.05) is 18.0 Å². The summed E-state index contributed by atoms with van der Waals surface area (Å²) in [6, 6.07) is 4.94. The van der Waals surface area contributed by atoms with Gasteiger partial charge in [0.2, 0.25) is 0 Å². The fraction of sp³-hybridized carbons (Fsp3) is 0.444. The number of hydrogen-bond donors (Lipinski definition) is 1. The van der Waals surface area contributed by atoms with Crippen molar-refractivity contribution in [2.24, 2.45) is 11.8 Å². The lowest BCUT2D eigenvalue weighted by atomic mass is 9.94. The van der Waals surface area contributed by atoms with Gasteiger partial charge in [0.25, 0.3) is 11.5 Å². The number of H-pyrrole nitrogens is 1. The Morgan fingerprint density at radius 3 is 2.77 bits per heavy atom. The van der Waals surface area contributed by atoms with Crippen molar-refractivity contribution >= 4 is 17.5 Å². The highest BCUT2D eigenvalue weighted by atomic mass is 35.5. The van der Waals surface area contributed by atoms with Gasteiger partial charge in [-0.15, -0.1) is 0 Å². The molecule has 1 aromatic heterocycles. The summed E-state index contributed by atoms with van der Waals surface area (Å²) in [6.07, 6.45) is 5.70. The van der Waals surface area contributed by atoms with Gasteiger partial charge in [-0.25, -0.2) is 4.79 Å². The van der Waals surface area contributed by atoms with E-state index in [0.29, 0.717) is 22.2 Å². The van der Waals surface area contributed by atoms with E-state index in [1.54, 1.807) is 23.1 Å². The molecule has 2 aliphatic rings. The monoisotopic (exact) mass is 374 g/mol. The third kappa shape index (κ3) is 2.86. The van der Waals surface area contributed by atoms with Crippen molar-refractivity contribution in [3.8, 4) is 5.69 Å². The first-order valence-electron chi connectivity index (χ1n) is 8.70. The molecular weight excluding hydrogens is 356 g/mol. The minimum absolute atomic E-state index is 0.160. The van der Waals surface area contributed by atoms with Gasteiger partial charge in [0.05, 0.1) is 16.3 Å². The van der Waals surface area contributed by atoms with Crippen LogP contribution in [0.25, 0.3) is 5.69 Å². The first-order chi connectivity index (χ1) is 12.4. The number of carbonyl (C=O) groups is 1. The highest BCUT2D eigenvalue weighted by molar-refractivity contribution is 6.33. The Morgan fingerprint density at radius 1 is 1.31 bits per heavy atom. The highest BCUT2D eigenvalue weighted by Gasteiger charge is 2.42. The summed E-state index contributed by atoms with van der Waals surface area (Å²) >= 11 is 6.26. The summed E-state index contributed by atoms with van der Waals surface area (Å²) in [4.78, 5) is 40.1. The molecule has 1 aromatic carbocycles. The van der Waals surface area contributed by atoms with Crippen LogP contribution in [0.4, 0.5) is 0 Å². The Kier molecular flexibility index (Phi) is 4.19. The lowest BCUT2D eigenvalue weighted by Gasteiger charge is -2.31. The third-order valence-electron chi connectivity index (χ3n) is 5.66. The van der Waals surface area contributed by atoms with Crippen LogP contribution in [0.2, 0.25) is 5.02 Å². The van der Waals surface area contributed by atoms with Crippen LogP contribution in [0.5, 0.6) is 0 Å². The van der Waals surface area contributed by atoms with Crippen molar-refractivity contribution in [3.63, 3.8) is 0 Å². The van der Waals surface area contributed by atoms with Gasteiger partial charge in [-0.3, -0.25) is 14.6 Å². The van der Waals surface area contributed by atoms with Gasteiger partial charge in [0.15, 0.2) is 0 Å². The minimum Gasteiger partial charge on any atom is -0.338 e. The zero-order valence-corrected chi connectivity index (χ0v) is 15.1. The number of nitrogens with zero attached hydrogens (tertiary/aromatic N) is 3. The molecule has 8 heteroatoms. The zero-order valence-electron chi connectivity index (χ0n) is 14.3. The molecule has 0 aliphatic heterocycles. The molecule has 1 N–H and O–H groups in total. The number of rotatable bonds is 3. The van der Waals surface area contributed by atoms with E-state index in [1.807, 2.05) is 7.05 Å². The molecule has 1 amide bonds. The van der Waals surface area contributed by atoms with Crippen LogP contribution in [0, 0.1) is 11.8 Å². The van der Waals surface area contributed by atoms with Gasteiger partial charge in [-0.05, 0) is 49.3 Å². The Labute approximate surface area is 154 Å². The number of benzene rings is 1. The second-order valence-corrected chi connectivity index (χ2v) is 7.58. The lowest BCUT2D eigenvalue weighted by molar-refractivity contribution is 0.0677. The summed E-state index contributed by atoms with van der Waals surface area (Å²) in [5.41, 5.74) is -0.540. The van der Waals surface area contributed by atoms with Crippen LogP contribution in [0.15, 0.2) is 34.0 Å². The van der Waals surface area contributed by atoms with Crippen molar-refractivity contribution < 1.29 is 4.79 Å². The van der Waals surface area contributed by atoms with E-state index in [4.69, 9.17) is 11.6 Å². The van der Waals surface area contributed by atoms with E-state index in [2.05, 4.69) is 10.1 Å². The van der Waals surface area contributed by atoms with Crippen molar-refractivity contribution in [1.29, 1.82) is 0 Å². The molecule has 1 heterocycles. The maximum atomic E-state index is 13.0. The first-order valence-corrected chi connectivity index (χ1v) is 9.07. The van der Waals surface area contributed by atoms with Crippen LogP contribution < -0.4 is 11.2 Å². The molecule has 3 atom stereocenters. The van der Waals surface area contributed by atoms with E-state index >= 15 is 0 Å². The quantitative estimate of drug-likeness (QED) is 0.887. The summed E-state index contributed by atoms with van der Waals surface area (Å²) in [6.45, 7) is 0. The average Bonchev–Trinajstić information content (AvgIpc) is 3.24. The smallest absolute Gasteiger partial charge is 0.338 e. The molecule has 136 valence electrons.